The molecule has 0 spiro atoms. The van der Waals surface area contributed by atoms with Gasteiger partial charge in [0.1, 0.15) is 11.5 Å². The van der Waals surface area contributed by atoms with E-state index < -0.39 is 12.0 Å². The molecule has 2 aromatic heterocycles. The van der Waals surface area contributed by atoms with Crippen molar-refractivity contribution in [3.05, 3.63) is 111 Å². The third-order valence-corrected chi connectivity index (χ3v) is 8.15. The Labute approximate surface area is 234 Å². The third kappa shape index (κ3) is 4.86. The average Bonchev–Trinajstić information content (AvgIpc) is 3.45. The first-order valence-corrected chi connectivity index (χ1v) is 13.6. The number of esters is 1. The van der Waals surface area contributed by atoms with Crippen molar-refractivity contribution in [1.82, 2.24) is 4.57 Å². The van der Waals surface area contributed by atoms with E-state index in [0.717, 1.165) is 10.0 Å². The molecule has 10 heteroatoms. The second-order valence-corrected chi connectivity index (χ2v) is 10.9. The van der Waals surface area contributed by atoms with Crippen LogP contribution >= 0.6 is 50.5 Å². The lowest BCUT2D eigenvalue weighted by atomic mass is 9.96. The smallest absolute Gasteiger partial charge is 0.338 e. The Kier molecular flexibility index (Phi) is 7.27. The molecule has 1 unspecified atom stereocenters. The number of carbonyl (C=O) groups excluding carboxylic acids is 1. The molecule has 0 bridgehead atoms. The van der Waals surface area contributed by atoms with Gasteiger partial charge in [0.2, 0.25) is 0 Å². The second-order valence-electron chi connectivity index (χ2n) is 8.16. The summed E-state index contributed by atoms with van der Waals surface area (Å²) in [6.07, 6.45) is 1.66. The molecular weight excluding hydrogens is 599 g/mol. The van der Waals surface area contributed by atoms with E-state index in [1.807, 2.05) is 30.3 Å². The molecule has 0 saturated heterocycles. The molecule has 0 N–H and O–H groups in total. The molecule has 3 heterocycles. The number of benzene rings is 2. The zero-order chi connectivity index (χ0) is 26.3. The molecular formula is C27H19BrCl2N2O4S. The summed E-state index contributed by atoms with van der Waals surface area (Å²) in [6.45, 7) is 3.71. The Balaban J connectivity index is 1.64. The standard InChI is InChI=1S/C27H19BrCl2N2O4S/c1-3-35-26(34)22-14(2)31-27-32(24(22)15-7-9-16(28)10-8-15)25(33)21(37-27)13-17-11-12-20(36-17)18-5-4-6-19(29)23(18)30/h4-13,24H,3H2,1-2H3/b21-13-. The monoisotopic (exact) mass is 616 g/mol. The van der Waals surface area contributed by atoms with Gasteiger partial charge < -0.3 is 9.15 Å². The summed E-state index contributed by atoms with van der Waals surface area (Å²) in [5.41, 5.74) is 1.98. The van der Waals surface area contributed by atoms with Crippen LogP contribution < -0.4 is 14.9 Å². The van der Waals surface area contributed by atoms with Crippen LogP contribution in [0.4, 0.5) is 0 Å². The Morgan fingerprint density at radius 2 is 1.95 bits per heavy atom. The molecule has 0 amide bonds. The summed E-state index contributed by atoms with van der Waals surface area (Å²) in [5, 5.41) is 0.812. The fourth-order valence-corrected chi connectivity index (χ4v) is 5.84. The summed E-state index contributed by atoms with van der Waals surface area (Å²) in [7, 11) is 0. The highest BCUT2D eigenvalue weighted by molar-refractivity contribution is 9.10. The molecule has 6 nitrogen and oxygen atoms in total. The first-order chi connectivity index (χ1) is 17.8. The number of fused-ring (bicyclic) bond motifs is 1. The number of ether oxygens (including phenoxy) is 1. The fourth-order valence-electron chi connectivity index (χ4n) is 4.15. The van der Waals surface area contributed by atoms with E-state index in [9.17, 15) is 9.59 Å². The van der Waals surface area contributed by atoms with E-state index in [1.54, 1.807) is 44.2 Å². The summed E-state index contributed by atoms with van der Waals surface area (Å²) >= 11 is 17.2. The van der Waals surface area contributed by atoms with Crippen LogP contribution in [0.15, 0.2) is 84.5 Å². The number of halogens is 3. The van der Waals surface area contributed by atoms with Crippen LogP contribution in [0.1, 0.15) is 31.2 Å². The van der Waals surface area contributed by atoms with Gasteiger partial charge in [-0.2, -0.15) is 0 Å². The number of allylic oxidation sites excluding steroid dienone is 1. The van der Waals surface area contributed by atoms with Crippen molar-refractivity contribution in [2.45, 2.75) is 19.9 Å². The fraction of sp³-hybridized carbons (Fsp3) is 0.148. The van der Waals surface area contributed by atoms with Crippen LogP contribution in [0.3, 0.4) is 0 Å². The summed E-state index contributed by atoms with van der Waals surface area (Å²) in [5.74, 6) is 0.498. The van der Waals surface area contributed by atoms with Crippen LogP contribution in [-0.4, -0.2) is 17.1 Å². The number of hydrogen-bond acceptors (Lipinski definition) is 6. The van der Waals surface area contributed by atoms with Gasteiger partial charge >= 0.3 is 5.97 Å². The number of hydrogen-bond donors (Lipinski definition) is 0. The van der Waals surface area contributed by atoms with Gasteiger partial charge in [0.15, 0.2) is 4.80 Å². The predicted molar refractivity (Wildman–Crippen MR) is 149 cm³/mol. The van der Waals surface area contributed by atoms with Crippen LogP contribution in [0.5, 0.6) is 0 Å². The third-order valence-electron chi connectivity index (χ3n) is 5.82. The number of aromatic nitrogens is 1. The minimum Gasteiger partial charge on any atom is -0.463 e. The Hall–Kier alpha value is -2.91. The lowest BCUT2D eigenvalue weighted by Gasteiger charge is -2.24. The number of furan rings is 1. The largest absolute Gasteiger partial charge is 0.463 e. The lowest BCUT2D eigenvalue weighted by molar-refractivity contribution is -0.139. The average molecular weight is 618 g/mol. The van der Waals surface area contributed by atoms with Gasteiger partial charge in [-0.1, -0.05) is 68.7 Å². The van der Waals surface area contributed by atoms with Crippen molar-refractivity contribution < 1.29 is 13.9 Å². The molecule has 1 aliphatic heterocycles. The first kappa shape index (κ1) is 25.7. The molecule has 37 heavy (non-hydrogen) atoms. The number of thiazole rings is 1. The SMILES string of the molecule is CCOC(=O)C1=C(C)N=c2s/c(=C\c3ccc(-c4cccc(Cl)c4Cl)o3)c(=O)n2C1c1ccc(Br)cc1. The van der Waals surface area contributed by atoms with Gasteiger partial charge in [-0.05, 0) is 55.8 Å². The number of carbonyl (C=O) groups is 1. The van der Waals surface area contributed by atoms with Gasteiger partial charge in [-0.15, -0.1) is 0 Å². The second kappa shape index (κ2) is 10.5. The van der Waals surface area contributed by atoms with E-state index >= 15 is 0 Å². The van der Waals surface area contributed by atoms with Crippen LogP contribution in [0.25, 0.3) is 17.4 Å². The zero-order valence-electron chi connectivity index (χ0n) is 19.6. The molecule has 0 fully saturated rings. The lowest BCUT2D eigenvalue weighted by Crippen LogP contribution is -2.39. The highest BCUT2D eigenvalue weighted by atomic mass is 79.9. The maximum atomic E-state index is 13.7. The highest BCUT2D eigenvalue weighted by Crippen LogP contribution is 2.35. The molecule has 2 aromatic carbocycles. The van der Waals surface area contributed by atoms with E-state index in [4.69, 9.17) is 32.4 Å². The summed E-state index contributed by atoms with van der Waals surface area (Å²) in [4.78, 5) is 31.7. The predicted octanol–water partition coefficient (Wildman–Crippen LogP) is 6.13. The quantitative estimate of drug-likeness (QED) is 0.253. The van der Waals surface area contributed by atoms with Crippen molar-refractivity contribution >= 4 is 62.5 Å². The normalized spacial score (nSPS) is 15.5. The van der Waals surface area contributed by atoms with E-state index in [0.29, 0.717) is 47.7 Å². The van der Waals surface area contributed by atoms with Crippen molar-refractivity contribution in [1.29, 1.82) is 0 Å². The van der Waals surface area contributed by atoms with Gasteiger partial charge in [-0.3, -0.25) is 9.36 Å². The van der Waals surface area contributed by atoms with E-state index in [2.05, 4.69) is 20.9 Å². The Bertz CT molecular complexity index is 1730. The molecule has 0 radical (unpaired) electrons. The van der Waals surface area contributed by atoms with Crippen molar-refractivity contribution in [3.63, 3.8) is 0 Å². The van der Waals surface area contributed by atoms with Crippen LogP contribution in [-0.2, 0) is 9.53 Å². The maximum absolute atomic E-state index is 13.7. The van der Waals surface area contributed by atoms with Crippen molar-refractivity contribution in [2.24, 2.45) is 4.99 Å². The summed E-state index contributed by atoms with van der Waals surface area (Å²) < 4.78 is 14.1. The Morgan fingerprint density at radius 1 is 1.19 bits per heavy atom. The first-order valence-electron chi connectivity index (χ1n) is 11.3. The van der Waals surface area contributed by atoms with Crippen molar-refractivity contribution in [3.8, 4) is 11.3 Å². The Morgan fingerprint density at radius 3 is 2.68 bits per heavy atom. The minimum atomic E-state index is -0.678. The molecule has 4 aromatic rings. The van der Waals surface area contributed by atoms with Crippen molar-refractivity contribution in [2.75, 3.05) is 6.61 Å². The number of nitrogens with zero attached hydrogens (tertiary/aromatic N) is 2. The van der Waals surface area contributed by atoms with Crippen LogP contribution in [0, 0.1) is 0 Å². The van der Waals surface area contributed by atoms with Gasteiger partial charge in [-0.25, -0.2) is 9.79 Å². The van der Waals surface area contributed by atoms with Gasteiger partial charge in [0.05, 0.1) is 38.5 Å². The zero-order valence-corrected chi connectivity index (χ0v) is 23.5. The van der Waals surface area contributed by atoms with E-state index in [1.165, 1.54) is 15.9 Å². The molecule has 0 saturated carbocycles. The maximum Gasteiger partial charge on any atom is 0.338 e. The van der Waals surface area contributed by atoms with Crippen LogP contribution in [0.2, 0.25) is 10.0 Å². The van der Waals surface area contributed by atoms with Gasteiger partial charge in [0, 0.05) is 16.1 Å². The molecule has 188 valence electrons. The molecule has 5 rings (SSSR count). The molecule has 1 atom stereocenters. The van der Waals surface area contributed by atoms with E-state index in [-0.39, 0.29) is 12.2 Å². The van der Waals surface area contributed by atoms with Gasteiger partial charge in [0.25, 0.3) is 5.56 Å². The topological polar surface area (TPSA) is 73.8 Å². The molecule has 1 aliphatic rings. The highest BCUT2D eigenvalue weighted by Gasteiger charge is 2.33. The summed E-state index contributed by atoms with van der Waals surface area (Å²) in [6, 6.07) is 15.6. The number of rotatable bonds is 5. The minimum absolute atomic E-state index is 0.213. The molecule has 0 aliphatic carbocycles.